The summed E-state index contributed by atoms with van der Waals surface area (Å²) in [6.07, 6.45) is 1.89. The van der Waals surface area contributed by atoms with Crippen LogP contribution in [0.25, 0.3) is 21.9 Å². The van der Waals surface area contributed by atoms with Crippen molar-refractivity contribution in [3.8, 4) is 0 Å². The van der Waals surface area contributed by atoms with E-state index in [1.807, 2.05) is 30.5 Å². The van der Waals surface area contributed by atoms with E-state index in [9.17, 15) is 4.79 Å². The van der Waals surface area contributed by atoms with Crippen molar-refractivity contribution in [1.29, 1.82) is 0 Å². The summed E-state index contributed by atoms with van der Waals surface area (Å²) in [5, 5.41) is 2.43. The normalized spacial score (nSPS) is 15.5. The number of anilines is 1. The summed E-state index contributed by atoms with van der Waals surface area (Å²) in [6.45, 7) is 5.25. The van der Waals surface area contributed by atoms with Gasteiger partial charge in [-0.2, -0.15) is 0 Å². The van der Waals surface area contributed by atoms with Gasteiger partial charge in [0.15, 0.2) is 5.58 Å². The molecule has 1 saturated heterocycles. The maximum atomic E-state index is 12.1. The summed E-state index contributed by atoms with van der Waals surface area (Å²) in [5.41, 5.74) is 1.52. The second kappa shape index (κ2) is 7.13. The molecule has 2 aromatic carbocycles. The Bertz CT molecular complexity index is 1170. The molecule has 0 unspecified atom stereocenters. The van der Waals surface area contributed by atoms with Gasteiger partial charge in [-0.3, -0.25) is 9.47 Å². The van der Waals surface area contributed by atoms with E-state index < -0.39 is 0 Å². The maximum absolute atomic E-state index is 12.1. The minimum atomic E-state index is -0.278. The number of rotatable bonds is 4. The molecule has 142 valence electrons. The SMILES string of the molecule is O=c1oc2ccccc2n1CCN1CCN(c2nccc3ccccc23)CC1. The average Bonchev–Trinajstić information content (AvgIpc) is 3.07. The number of aromatic nitrogens is 2. The molecule has 6 heteroatoms. The molecule has 0 aliphatic carbocycles. The third kappa shape index (κ3) is 3.05. The van der Waals surface area contributed by atoms with Crippen molar-refractivity contribution in [2.45, 2.75) is 6.54 Å². The maximum Gasteiger partial charge on any atom is 0.419 e. The number of fused-ring (bicyclic) bond motifs is 2. The van der Waals surface area contributed by atoms with Gasteiger partial charge in [-0.05, 0) is 23.6 Å². The highest BCUT2D eigenvalue weighted by Gasteiger charge is 2.20. The predicted molar refractivity (Wildman–Crippen MR) is 111 cm³/mol. The van der Waals surface area contributed by atoms with Crippen molar-refractivity contribution in [2.75, 3.05) is 37.6 Å². The Hall–Kier alpha value is -3.12. The van der Waals surface area contributed by atoms with Crippen LogP contribution >= 0.6 is 0 Å². The fraction of sp³-hybridized carbons (Fsp3) is 0.273. The van der Waals surface area contributed by atoms with E-state index in [0.29, 0.717) is 12.1 Å². The van der Waals surface area contributed by atoms with Crippen LogP contribution in [0.5, 0.6) is 0 Å². The summed E-state index contributed by atoms with van der Waals surface area (Å²) < 4.78 is 7.06. The van der Waals surface area contributed by atoms with Gasteiger partial charge in [0.2, 0.25) is 0 Å². The molecule has 1 aliphatic rings. The van der Waals surface area contributed by atoms with Crippen LogP contribution in [0.4, 0.5) is 5.82 Å². The summed E-state index contributed by atoms with van der Waals surface area (Å²) in [6, 6.07) is 18.0. The molecule has 4 aromatic rings. The average molecular weight is 374 g/mol. The van der Waals surface area contributed by atoms with Crippen LogP contribution in [-0.2, 0) is 6.54 Å². The molecule has 3 heterocycles. The van der Waals surface area contributed by atoms with E-state index in [4.69, 9.17) is 4.42 Å². The third-order valence-corrected chi connectivity index (χ3v) is 5.54. The molecule has 0 amide bonds. The van der Waals surface area contributed by atoms with Gasteiger partial charge in [-0.15, -0.1) is 0 Å². The van der Waals surface area contributed by atoms with Crippen LogP contribution in [-0.4, -0.2) is 47.2 Å². The number of hydrogen-bond donors (Lipinski definition) is 0. The molecular formula is C22H22N4O2. The molecule has 28 heavy (non-hydrogen) atoms. The first kappa shape index (κ1) is 17.0. The quantitative estimate of drug-likeness (QED) is 0.550. The monoisotopic (exact) mass is 374 g/mol. The molecule has 0 radical (unpaired) electrons. The molecule has 0 N–H and O–H groups in total. The molecule has 1 fully saturated rings. The highest BCUT2D eigenvalue weighted by molar-refractivity contribution is 5.92. The lowest BCUT2D eigenvalue weighted by molar-refractivity contribution is 0.246. The van der Waals surface area contributed by atoms with Crippen molar-refractivity contribution < 1.29 is 4.42 Å². The van der Waals surface area contributed by atoms with Gasteiger partial charge in [-0.25, -0.2) is 9.78 Å². The van der Waals surface area contributed by atoms with Crippen molar-refractivity contribution in [2.24, 2.45) is 0 Å². The largest absolute Gasteiger partial charge is 0.419 e. The number of piperazine rings is 1. The van der Waals surface area contributed by atoms with E-state index in [1.165, 1.54) is 10.8 Å². The van der Waals surface area contributed by atoms with E-state index >= 15 is 0 Å². The fourth-order valence-electron chi connectivity index (χ4n) is 4.01. The van der Waals surface area contributed by atoms with Gasteiger partial charge in [-0.1, -0.05) is 36.4 Å². The molecule has 2 aromatic heterocycles. The number of hydrogen-bond acceptors (Lipinski definition) is 5. The van der Waals surface area contributed by atoms with Crippen LogP contribution in [0.2, 0.25) is 0 Å². The van der Waals surface area contributed by atoms with E-state index in [1.54, 1.807) is 4.57 Å². The van der Waals surface area contributed by atoms with E-state index in [2.05, 4.69) is 45.1 Å². The van der Waals surface area contributed by atoms with Crippen LogP contribution in [0.3, 0.4) is 0 Å². The van der Waals surface area contributed by atoms with Crippen LogP contribution < -0.4 is 10.7 Å². The zero-order valence-electron chi connectivity index (χ0n) is 15.6. The first-order chi connectivity index (χ1) is 13.8. The zero-order valence-corrected chi connectivity index (χ0v) is 15.6. The van der Waals surface area contributed by atoms with E-state index in [0.717, 1.165) is 44.1 Å². The Morgan fingerprint density at radius 1 is 0.893 bits per heavy atom. The minimum Gasteiger partial charge on any atom is -0.408 e. The highest BCUT2D eigenvalue weighted by atomic mass is 16.4. The van der Waals surface area contributed by atoms with Gasteiger partial charge in [0, 0.05) is 50.9 Å². The second-order valence-electron chi connectivity index (χ2n) is 7.17. The molecule has 6 nitrogen and oxygen atoms in total. The predicted octanol–water partition coefficient (Wildman–Crippen LogP) is 2.96. The number of oxazole rings is 1. The van der Waals surface area contributed by atoms with Crippen molar-refractivity contribution in [3.05, 3.63) is 71.3 Å². The van der Waals surface area contributed by atoms with Gasteiger partial charge in [0.05, 0.1) is 5.52 Å². The second-order valence-corrected chi connectivity index (χ2v) is 7.17. The van der Waals surface area contributed by atoms with Crippen LogP contribution in [0, 0.1) is 0 Å². The Balaban J connectivity index is 1.26. The van der Waals surface area contributed by atoms with Crippen molar-refractivity contribution >= 4 is 27.7 Å². The lowest BCUT2D eigenvalue weighted by Crippen LogP contribution is -2.47. The standard InChI is InChI=1S/C22H22N4O2/c27-22-26(19-7-3-4-8-20(19)28-22)16-13-24-11-14-25(15-12-24)21-18-6-2-1-5-17(18)9-10-23-21/h1-10H,11-16H2. The van der Waals surface area contributed by atoms with Gasteiger partial charge in [0.25, 0.3) is 0 Å². The van der Waals surface area contributed by atoms with Crippen molar-refractivity contribution in [1.82, 2.24) is 14.5 Å². The summed E-state index contributed by atoms with van der Waals surface area (Å²) >= 11 is 0. The van der Waals surface area contributed by atoms with Crippen LogP contribution in [0.15, 0.2) is 70.0 Å². The molecule has 5 rings (SSSR count). The molecular weight excluding hydrogens is 352 g/mol. The van der Waals surface area contributed by atoms with Gasteiger partial charge >= 0.3 is 5.76 Å². The molecule has 1 aliphatic heterocycles. The molecule has 0 bridgehead atoms. The first-order valence-corrected chi connectivity index (χ1v) is 9.69. The highest BCUT2D eigenvalue weighted by Crippen LogP contribution is 2.25. The third-order valence-electron chi connectivity index (χ3n) is 5.54. The lowest BCUT2D eigenvalue weighted by Gasteiger charge is -2.35. The topological polar surface area (TPSA) is 54.5 Å². The Morgan fingerprint density at radius 3 is 2.57 bits per heavy atom. The molecule has 0 saturated carbocycles. The minimum absolute atomic E-state index is 0.278. The van der Waals surface area contributed by atoms with Gasteiger partial charge < -0.3 is 9.32 Å². The number of para-hydroxylation sites is 2. The summed E-state index contributed by atoms with van der Waals surface area (Å²) in [4.78, 5) is 21.5. The lowest BCUT2D eigenvalue weighted by atomic mass is 10.1. The zero-order chi connectivity index (χ0) is 18.9. The number of benzene rings is 2. The number of nitrogens with zero attached hydrogens (tertiary/aromatic N) is 4. The Morgan fingerprint density at radius 2 is 1.68 bits per heavy atom. The molecule has 0 atom stereocenters. The van der Waals surface area contributed by atoms with Gasteiger partial charge in [0.1, 0.15) is 5.82 Å². The fourth-order valence-corrected chi connectivity index (χ4v) is 4.01. The smallest absolute Gasteiger partial charge is 0.408 e. The summed E-state index contributed by atoms with van der Waals surface area (Å²) in [5.74, 6) is 0.787. The first-order valence-electron chi connectivity index (χ1n) is 9.69. The summed E-state index contributed by atoms with van der Waals surface area (Å²) in [7, 11) is 0. The van der Waals surface area contributed by atoms with Crippen molar-refractivity contribution in [3.63, 3.8) is 0 Å². The Kier molecular flexibility index (Phi) is 4.33. The Labute approximate surface area is 162 Å². The van der Waals surface area contributed by atoms with E-state index in [-0.39, 0.29) is 5.76 Å². The molecule has 0 spiro atoms. The number of pyridine rings is 1. The van der Waals surface area contributed by atoms with Crippen LogP contribution in [0.1, 0.15) is 0 Å².